The lowest BCUT2D eigenvalue weighted by atomic mass is 9.99. The highest BCUT2D eigenvalue weighted by atomic mass is 32.1. The quantitative estimate of drug-likeness (QED) is 0.793. The van der Waals surface area contributed by atoms with E-state index in [9.17, 15) is 0 Å². The van der Waals surface area contributed by atoms with Crippen LogP contribution in [0, 0.1) is 6.92 Å². The van der Waals surface area contributed by atoms with Gasteiger partial charge in [-0.2, -0.15) is 0 Å². The largest absolute Gasteiger partial charge is 0.379 e. The number of nitrogens with one attached hydrogen (secondary N) is 1. The van der Waals surface area contributed by atoms with Gasteiger partial charge in [-0.3, -0.25) is 4.90 Å². The summed E-state index contributed by atoms with van der Waals surface area (Å²) in [7, 11) is 0. The summed E-state index contributed by atoms with van der Waals surface area (Å²) in [5.74, 6) is 0. The van der Waals surface area contributed by atoms with Crippen LogP contribution in [-0.4, -0.2) is 36.2 Å². The molecule has 3 aromatic rings. The molecule has 4 rings (SSSR count). The highest BCUT2D eigenvalue weighted by Crippen LogP contribution is 2.38. The van der Waals surface area contributed by atoms with Gasteiger partial charge in [0.15, 0.2) is 0 Å². The molecule has 2 aromatic heterocycles. The molecule has 0 aliphatic carbocycles. The van der Waals surface area contributed by atoms with Gasteiger partial charge in [0.25, 0.3) is 0 Å². The number of hydrogen-bond acceptors (Lipinski definition) is 3. The molecule has 0 amide bonds. The van der Waals surface area contributed by atoms with Crippen LogP contribution >= 0.6 is 11.3 Å². The summed E-state index contributed by atoms with van der Waals surface area (Å²) in [6.07, 6.45) is 0. The van der Waals surface area contributed by atoms with E-state index < -0.39 is 0 Å². The molecule has 1 aliphatic heterocycles. The number of aromatic amines is 1. The maximum absolute atomic E-state index is 5.56. The molecule has 1 aliphatic rings. The van der Waals surface area contributed by atoms with E-state index in [4.69, 9.17) is 4.74 Å². The molecule has 3 heterocycles. The molecule has 1 fully saturated rings. The number of fused-ring (bicyclic) bond motifs is 1. The van der Waals surface area contributed by atoms with Crippen LogP contribution in [0.1, 0.15) is 22.2 Å². The zero-order chi connectivity index (χ0) is 14.9. The van der Waals surface area contributed by atoms with Crippen molar-refractivity contribution in [3.05, 3.63) is 57.9 Å². The van der Waals surface area contributed by atoms with Gasteiger partial charge in [-0.05, 0) is 24.4 Å². The Morgan fingerprint density at radius 1 is 1.14 bits per heavy atom. The number of rotatable bonds is 3. The zero-order valence-corrected chi connectivity index (χ0v) is 13.5. The van der Waals surface area contributed by atoms with Crippen LogP contribution in [0.3, 0.4) is 0 Å². The van der Waals surface area contributed by atoms with Crippen LogP contribution in [0.4, 0.5) is 0 Å². The van der Waals surface area contributed by atoms with Crippen molar-refractivity contribution < 1.29 is 4.74 Å². The molecule has 1 atom stereocenters. The van der Waals surface area contributed by atoms with Crippen molar-refractivity contribution in [3.63, 3.8) is 0 Å². The normalized spacial score (nSPS) is 17.9. The van der Waals surface area contributed by atoms with E-state index >= 15 is 0 Å². The second-order valence-corrected chi connectivity index (χ2v) is 6.75. The summed E-state index contributed by atoms with van der Waals surface area (Å²) in [6.45, 7) is 5.81. The molecule has 0 unspecified atom stereocenters. The summed E-state index contributed by atoms with van der Waals surface area (Å²) >= 11 is 1.84. The third-order valence-corrected chi connectivity index (χ3v) is 5.37. The molecule has 22 heavy (non-hydrogen) atoms. The van der Waals surface area contributed by atoms with E-state index in [0.29, 0.717) is 6.04 Å². The fourth-order valence-corrected chi connectivity index (χ4v) is 4.31. The van der Waals surface area contributed by atoms with Crippen LogP contribution in [-0.2, 0) is 4.74 Å². The summed E-state index contributed by atoms with van der Waals surface area (Å²) in [4.78, 5) is 7.52. The first kappa shape index (κ1) is 14.0. The number of benzene rings is 1. The molecule has 1 N–H and O–H groups in total. The van der Waals surface area contributed by atoms with Gasteiger partial charge in [0, 0.05) is 40.1 Å². The summed E-state index contributed by atoms with van der Waals surface area (Å²) in [6, 6.07) is 13.3. The van der Waals surface area contributed by atoms with E-state index in [1.807, 2.05) is 11.3 Å². The Morgan fingerprint density at radius 3 is 2.73 bits per heavy atom. The molecule has 114 valence electrons. The summed E-state index contributed by atoms with van der Waals surface area (Å²) in [5.41, 5.74) is 3.91. The van der Waals surface area contributed by atoms with Gasteiger partial charge in [-0.25, -0.2) is 0 Å². The van der Waals surface area contributed by atoms with Crippen LogP contribution in [0.5, 0.6) is 0 Å². The standard InChI is InChI=1S/C18H20N2OS/c1-13-17(14-5-2-3-6-15(14)19-13)18(16-7-4-12-22-16)20-8-10-21-11-9-20/h2-7,12,18-19H,8-11H2,1H3/t18-/m1/s1. The van der Waals surface area contributed by atoms with Crippen LogP contribution in [0.15, 0.2) is 41.8 Å². The topological polar surface area (TPSA) is 28.3 Å². The van der Waals surface area contributed by atoms with Crippen molar-refractivity contribution in [2.75, 3.05) is 26.3 Å². The number of thiophene rings is 1. The molecule has 4 heteroatoms. The van der Waals surface area contributed by atoms with Gasteiger partial charge in [0.1, 0.15) is 0 Å². The zero-order valence-electron chi connectivity index (χ0n) is 12.7. The Hall–Kier alpha value is -1.62. The van der Waals surface area contributed by atoms with Crippen molar-refractivity contribution >= 4 is 22.2 Å². The van der Waals surface area contributed by atoms with E-state index in [2.05, 4.69) is 58.6 Å². The molecule has 0 saturated carbocycles. The fourth-order valence-electron chi connectivity index (χ4n) is 3.44. The maximum atomic E-state index is 5.56. The Labute approximate surface area is 134 Å². The Bertz CT molecular complexity index is 757. The smallest absolute Gasteiger partial charge is 0.0721 e. The van der Waals surface area contributed by atoms with Crippen molar-refractivity contribution in [1.29, 1.82) is 0 Å². The first-order valence-electron chi connectivity index (χ1n) is 7.77. The highest BCUT2D eigenvalue weighted by molar-refractivity contribution is 7.10. The molecular formula is C18H20N2OS. The van der Waals surface area contributed by atoms with Crippen LogP contribution in [0.2, 0.25) is 0 Å². The predicted octanol–water partition coefficient (Wildman–Crippen LogP) is 3.96. The minimum Gasteiger partial charge on any atom is -0.379 e. The van der Waals surface area contributed by atoms with Crippen LogP contribution < -0.4 is 0 Å². The van der Waals surface area contributed by atoms with E-state index in [0.717, 1.165) is 26.3 Å². The van der Waals surface area contributed by atoms with E-state index in [1.165, 1.54) is 27.0 Å². The van der Waals surface area contributed by atoms with Crippen molar-refractivity contribution in [2.24, 2.45) is 0 Å². The first-order chi connectivity index (χ1) is 10.8. The number of nitrogens with zero attached hydrogens (tertiary/aromatic N) is 1. The van der Waals surface area contributed by atoms with Crippen molar-refractivity contribution in [3.8, 4) is 0 Å². The number of hydrogen-bond donors (Lipinski definition) is 1. The SMILES string of the molecule is Cc1[nH]c2ccccc2c1[C@@H](c1cccs1)N1CCOCC1. The molecule has 0 spiro atoms. The number of morpholine rings is 1. The number of aryl methyl sites for hydroxylation is 1. The second kappa shape index (κ2) is 5.88. The second-order valence-electron chi connectivity index (χ2n) is 5.78. The minimum atomic E-state index is 0.319. The predicted molar refractivity (Wildman–Crippen MR) is 91.6 cm³/mol. The van der Waals surface area contributed by atoms with Gasteiger partial charge in [-0.15, -0.1) is 11.3 Å². The van der Waals surface area contributed by atoms with E-state index in [1.54, 1.807) is 0 Å². The van der Waals surface area contributed by atoms with Crippen molar-refractivity contribution in [2.45, 2.75) is 13.0 Å². The van der Waals surface area contributed by atoms with E-state index in [-0.39, 0.29) is 0 Å². The van der Waals surface area contributed by atoms with Crippen LogP contribution in [0.25, 0.3) is 10.9 Å². The van der Waals surface area contributed by atoms with Gasteiger partial charge in [0.2, 0.25) is 0 Å². The summed E-state index contributed by atoms with van der Waals surface area (Å²) in [5, 5.41) is 3.51. The summed E-state index contributed by atoms with van der Waals surface area (Å²) < 4.78 is 5.56. The van der Waals surface area contributed by atoms with Gasteiger partial charge < -0.3 is 9.72 Å². The van der Waals surface area contributed by atoms with Gasteiger partial charge in [0.05, 0.1) is 19.3 Å². The van der Waals surface area contributed by atoms with Crippen molar-refractivity contribution in [1.82, 2.24) is 9.88 Å². The average molecular weight is 312 g/mol. The highest BCUT2D eigenvalue weighted by Gasteiger charge is 2.28. The maximum Gasteiger partial charge on any atom is 0.0721 e. The Morgan fingerprint density at radius 2 is 1.95 bits per heavy atom. The fraction of sp³-hybridized carbons (Fsp3) is 0.333. The number of ether oxygens (including phenoxy) is 1. The monoisotopic (exact) mass is 312 g/mol. The number of para-hydroxylation sites is 1. The molecule has 0 radical (unpaired) electrons. The van der Waals surface area contributed by atoms with Gasteiger partial charge in [-0.1, -0.05) is 24.3 Å². The lowest BCUT2D eigenvalue weighted by molar-refractivity contribution is 0.0247. The molecule has 3 nitrogen and oxygen atoms in total. The average Bonchev–Trinajstić information content (AvgIpc) is 3.18. The molecule has 0 bridgehead atoms. The lowest BCUT2D eigenvalue weighted by Gasteiger charge is -2.34. The molecule has 1 saturated heterocycles. The third kappa shape index (κ3) is 2.37. The van der Waals surface area contributed by atoms with Gasteiger partial charge >= 0.3 is 0 Å². The first-order valence-corrected chi connectivity index (χ1v) is 8.65. The lowest BCUT2D eigenvalue weighted by Crippen LogP contribution is -2.39. The Kier molecular flexibility index (Phi) is 3.74. The third-order valence-electron chi connectivity index (χ3n) is 4.44. The Balaban J connectivity index is 1.87. The number of aromatic nitrogens is 1. The number of H-pyrrole nitrogens is 1. The minimum absolute atomic E-state index is 0.319. The molecular weight excluding hydrogens is 292 g/mol. The molecule has 1 aromatic carbocycles.